The van der Waals surface area contributed by atoms with Crippen LogP contribution in [0, 0.1) is 0 Å². The molecule has 2 aliphatic rings. The fourth-order valence-electron chi connectivity index (χ4n) is 3.51. The fraction of sp³-hybridized carbons (Fsp3) is 0.500. The summed E-state index contributed by atoms with van der Waals surface area (Å²) in [5.74, 6) is 1.05. The zero-order chi connectivity index (χ0) is 17.4. The highest BCUT2D eigenvalue weighted by Crippen LogP contribution is 2.39. The Hall–Kier alpha value is -2.41. The molecule has 4 rings (SSSR count). The van der Waals surface area contributed by atoms with Crippen LogP contribution in [0.2, 0.25) is 0 Å². The first-order chi connectivity index (χ1) is 12.1. The topological polar surface area (TPSA) is 86.3 Å². The Morgan fingerprint density at radius 1 is 1.40 bits per heavy atom. The van der Waals surface area contributed by atoms with Crippen LogP contribution in [0.15, 0.2) is 30.6 Å². The normalized spacial score (nSPS) is 23.2. The molecule has 0 aromatic carbocycles. The third-order valence-corrected chi connectivity index (χ3v) is 5.05. The van der Waals surface area contributed by atoms with Crippen molar-refractivity contribution < 1.29 is 9.53 Å². The van der Waals surface area contributed by atoms with Crippen molar-refractivity contribution in [3.8, 4) is 0 Å². The van der Waals surface area contributed by atoms with Crippen LogP contribution >= 0.6 is 0 Å². The van der Waals surface area contributed by atoms with Gasteiger partial charge in [0.2, 0.25) is 0 Å². The summed E-state index contributed by atoms with van der Waals surface area (Å²) in [6.45, 7) is 1.21. The van der Waals surface area contributed by atoms with Crippen LogP contribution in [-0.2, 0) is 11.3 Å². The summed E-state index contributed by atoms with van der Waals surface area (Å²) < 4.78 is 7.30. The summed E-state index contributed by atoms with van der Waals surface area (Å²) in [4.78, 5) is 19.4. The van der Waals surface area contributed by atoms with Crippen molar-refractivity contribution in [2.24, 2.45) is 0 Å². The zero-order valence-corrected chi connectivity index (χ0v) is 14.3. The van der Waals surface area contributed by atoms with Crippen molar-refractivity contribution in [1.82, 2.24) is 19.7 Å². The molecule has 2 aromatic rings. The van der Waals surface area contributed by atoms with Gasteiger partial charge in [-0.15, -0.1) is 0 Å². The molecule has 7 nitrogen and oxygen atoms in total. The molecule has 0 unspecified atom stereocenters. The molecule has 3 heterocycles. The average molecular weight is 341 g/mol. The number of pyridine rings is 1. The number of carbonyl (C=O) groups is 1. The number of anilines is 1. The molecule has 2 atom stereocenters. The molecule has 1 saturated carbocycles. The summed E-state index contributed by atoms with van der Waals surface area (Å²) in [5.41, 5.74) is 7.44. The molecule has 25 heavy (non-hydrogen) atoms. The zero-order valence-electron chi connectivity index (χ0n) is 14.3. The van der Waals surface area contributed by atoms with Gasteiger partial charge in [-0.3, -0.25) is 14.5 Å². The Kier molecular flexibility index (Phi) is 4.17. The maximum atomic E-state index is 13.1. The SMILES string of the molecule is CO[C@H]1C[C@@H](Cn2ccc(N)n2)N(C(=O)c2ccnc(C3CC3)c2)C1. The Labute approximate surface area is 146 Å². The lowest BCUT2D eigenvalue weighted by atomic mass is 10.1. The number of rotatable bonds is 5. The van der Waals surface area contributed by atoms with Crippen LogP contribution in [0.25, 0.3) is 0 Å². The number of amides is 1. The van der Waals surface area contributed by atoms with Gasteiger partial charge in [0, 0.05) is 43.2 Å². The predicted octanol–water partition coefficient (Wildman–Crippen LogP) is 1.67. The molecule has 2 aromatic heterocycles. The average Bonchev–Trinajstić information content (AvgIpc) is 3.29. The summed E-state index contributed by atoms with van der Waals surface area (Å²) in [6.07, 6.45) is 6.77. The number of likely N-dealkylation sites (tertiary alicyclic amines) is 1. The van der Waals surface area contributed by atoms with Gasteiger partial charge in [-0.2, -0.15) is 5.10 Å². The lowest BCUT2D eigenvalue weighted by molar-refractivity contribution is 0.0678. The van der Waals surface area contributed by atoms with Crippen molar-refractivity contribution >= 4 is 11.7 Å². The van der Waals surface area contributed by atoms with Gasteiger partial charge < -0.3 is 15.4 Å². The Balaban J connectivity index is 1.54. The number of nitrogens with zero attached hydrogens (tertiary/aromatic N) is 4. The maximum absolute atomic E-state index is 13.1. The van der Waals surface area contributed by atoms with Gasteiger partial charge in [0.25, 0.3) is 5.91 Å². The predicted molar refractivity (Wildman–Crippen MR) is 93.1 cm³/mol. The number of nitrogens with two attached hydrogens (primary N) is 1. The summed E-state index contributed by atoms with van der Waals surface area (Å²) >= 11 is 0. The molecule has 2 N–H and O–H groups in total. The number of hydrogen-bond acceptors (Lipinski definition) is 5. The van der Waals surface area contributed by atoms with Crippen LogP contribution < -0.4 is 5.73 Å². The summed E-state index contributed by atoms with van der Waals surface area (Å²) in [5, 5.41) is 4.24. The molecule has 7 heteroatoms. The molecular formula is C18H23N5O2. The third kappa shape index (κ3) is 3.37. The van der Waals surface area contributed by atoms with E-state index < -0.39 is 0 Å². The second kappa shape index (κ2) is 6.48. The third-order valence-electron chi connectivity index (χ3n) is 5.05. The molecule has 0 bridgehead atoms. The van der Waals surface area contributed by atoms with E-state index in [-0.39, 0.29) is 18.1 Å². The summed E-state index contributed by atoms with van der Waals surface area (Å²) in [7, 11) is 1.69. The number of methoxy groups -OCH3 is 1. The molecule has 1 saturated heterocycles. The Morgan fingerprint density at radius 3 is 2.92 bits per heavy atom. The highest BCUT2D eigenvalue weighted by atomic mass is 16.5. The number of carbonyl (C=O) groups excluding carboxylic acids is 1. The van der Waals surface area contributed by atoms with Gasteiger partial charge in [0.05, 0.1) is 18.7 Å². The van der Waals surface area contributed by atoms with Gasteiger partial charge in [0.1, 0.15) is 5.82 Å². The van der Waals surface area contributed by atoms with Crippen LogP contribution in [-0.4, -0.2) is 51.4 Å². The van der Waals surface area contributed by atoms with E-state index in [0.29, 0.717) is 30.4 Å². The first-order valence-corrected chi connectivity index (χ1v) is 8.72. The van der Waals surface area contributed by atoms with E-state index in [2.05, 4.69) is 10.1 Å². The van der Waals surface area contributed by atoms with Crippen molar-refractivity contribution in [1.29, 1.82) is 0 Å². The van der Waals surface area contributed by atoms with E-state index in [1.54, 1.807) is 30.1 Å². The van der Waals surface area contributed by atoms with E-state index in [1.165, 1.54) is 12.8 Å². The van der Waals surface area contributed by atoms with Gasteiger partial charge in [0.15, 0.2) is 0 Å². The summed E-state index contributed by atoms with van der Waals surface area (Å²) in [6, 6.07) is 5.55. The number of ether oxygens (including phenoxy) is 1. The van der Waals surface area contributed by atoms with Gasteiger partial charge in [-0.25, -0.2) is 0 Å². The monoisotopic (exact) mass is 341 g/mol. The van der Waals surface area contributed by atoms with Crippen LogP contribution in [0.5, 0.6) is 0 Å². The van der Waals surface area contributed by atoms with E-state index in [0.717, 1.165) is 12.1 Å². The number of aromatic nitrogens is 3. The first kappa shape index (κ1) is 16.1. The van der Waals surface area contributed by atoms with Crippen LogP contribution in [0.4, 0.5) is 5.82 Å². The smallest absolute Gasteiger partial charge is 0.254 e. The van der Waals surface area contributed by atoms with Crippen molar-refractivity contribution in [3.05, 3.63) is 41.9 Å². The number of nitrogen functional groups attached to an aromatic ring is 1. The highest BCUT2D eigenvalue weighted by molar-refractivity contribution is 5.94. The van der Waals surface area contributed by atoms with E-state index in [1.807, 2.05) is 17.2 Å². The van der Waals surface area contributed by atoms with Gasteiger partial charge in [-0.1, -0.05) is 0 Å². The van der Waals surface area contributed by atoms with Crippen molar-refractivity contribution in [2.45, 2.75) is 43.9 Å². The van der Waals surface area contributed by atoms with Crippen molar-refractivity contribution in [3.63, 3.8) is 0 Å². The lowest BCUT2D eigenvalue weighted by Gasteiger charge is -2.24. The Morgan fingerprint density at radius 2 is 2.24 bits per heavy atom. The lowest BCUT2D eigenvalue weighted by Crippen LogP contribution is -2.38. The molecular weight excluding hydrogens is 318 g/mol. The molecule has 0 spiro atoms. The maximum Gasteiger partial charge on any atom is 0.254 e. The minimum Gasteiger partial charge on any atom is -0.382 e. The van der Waals surface area contributed by atoms with Gasteiger partial charge >= 0.3 is 0 Å². The molecule has 132 valence electrons. The fourth-order valence-corrected chi connectivity index (χ4v) is 3.51. The minimum atomic E-state index is 0.0361. The van der Waals surface area contributed by atoms with Gasteiger partial charge in [-0.05, 0) is 37.5 Å². The first-order valence-electron chi connectivity index (χ1n) is 8.72. The van der Waals surface area contributed by atoms with E-state index in [4.69, 9.17) is 10.5 Å². The van der Waals surface area contributed by atoms with Crippen molar-refractivity contribution in [2.75, 3.05) is 19.4 Å². The molecule has 0 radical (unpaired) electrons. The minimum absolute atomic E-state index is 0.0361. The quantitative estimate of drug-likeness (QED) is 0.894. The van der Waals surface area contributed by atoms with E-state index in [9.17, 15) is 4.79 Å². The molecule has 1 amide bonds. The van der Waals surface area contributed by atoms with Crippen LogP contribution in [0.1, 0.15) is 41.2 Å². The highest BCUT2D eigenvalue weighted by Gasteiger charge is 2.36. The second-order valence-corrected chi connectivity index (χ2v) is 6.91. The van der Waals surface area contributed by atoms with Crippen LogP contribution in [0.3, 0.4) is 0 Å². The largest absolute Gasteiger partial charge is 0.382 e. The molecule has 1 aliphatic heterocycles. The number of hydrogen-bond donors (Lipinski definition) is 1. The van der Waals surface area contributed by atoms with E-state index >= 15 is 0 Å². The molecule has 1 aliphatic carbocycles. The Bertz CT molecular complexity index is 770. The second-order valence-electron chi connectivity index (χ2n) is 6.91. The molecule has 2 fully saturated rings. The standard InChI is InChI=1S/C18H23N5O2/c1-25-15-9-14(10-22-7-5-17(19)21-22)23(11-15)18(24)13-4-6-20-16(8-13)12-2-3-12/h4-8,12,14-15H,2-3,9-11H2,1H3,(H2,19,21)/t14-,15-/m0/s1.